The van der Waals surface area contributed by atoms with Crippen LogP contribution < -0.4 is 4.90 Å². The number of hydrogen-bond donors (Lipinski definition) is 0. The number of fused-ring (bicyclic) bond motifs is 1. The third-order valence-corrected chi connectivity index (χ3v) is 4.52. The van der Waals surface area contributed by atoms with Crippen molar-refractivity contribution in [2.75, 3.05) is 4.90 Å². The Morgan fingerprint density at radius 2 is 2.23 bits per heavy atom. The Morgan fingerprint density at radius 1 is 1.38 bits per heavy atom. The van der Waals surface area contributed by atoms with Gasteiger partial charge in [0.1, 0.15) is 5.82 Å². The average molecular weight is 371 g/mol. The number of thiazole rings is 1. The van der Waals surface area contributed by atoms with Crippen LogP contribution in [0.1, 0.15) is 19.4 Å². The van der Waals surface area contributed by atoms with Crippen LogP contribution in [0.25, 0.3) is 10.2 Å². The zero-order valence-electron chi connectivity index (χ0n) is 14.4. The van der Waals surface area contributed by atoms with E-state index in [1.54, 1.807) is 18.5 Å². The highest BCUT2D eigenvalue weighted by molar-refractivity contribution is 7.22. The summed E-state index contributed by atoms with van der Waals surface area (Å²) in [4.78, 5) is 22.7. The summed E-state index contributed by atoms with van der Waals surface area (Å²) in [5.41, 5.74) is 1.39. The molecule has 0 saturated carbocycles. The van der Waals surface area contributed by atoms with Crippen molar-refractivity contribution < 1.29 is 13.9 Å². The summed E-state index contributed by atoms with van der Waals surface area (Å²) in [5, 5.41) is 0.494. The molecule has 3 rings (SSSR count). The minimum absolute atomic E-state index is 0.0174. The largest absolute Gasteiger partial charge is 0.498 e. The van der Waals surface area contributed by atoms with Crippen molar-refractivity contribution in [1.29, 1.82) is 0 Å². The first-order valence-electron chi connectivity index (χ1n) is 8.11. The fraction of sp³-hybridized carbons (Fsp3) is 0.211. The smallest absolute Gasteiger partial charge is 0.256 e. The van der Waals surface area contributed by atoms with E-state index in [9.17, 15) is 9.18 Å². The molecule has 0 atom stereocenters. The van der Waals surface area contributed by atoms with Crippen molar-refractivity contribution >= 4 is 32.6 Å². The van der Waals surface area contributed by atoms with E-state index in [-0.39, 0.29) is 17.8 Å². The number of carbonyl (C=O) groups excluding carboxylic acids is 1. The Morgan fingerprint density at radius 3 is 2.96 bits per heavy atom. The van der Waals surface area contributed by atoms with Crippen molar-refractivity contribution in [2.45, 2.75) is 26.5 Å². The van der Waals surface area contributed by atoms with Crippen LogP contribution in [-0.4, -0.2) is 22.0 Å². The van der Waals surface area contributed by atoms with Gasteiger partial charge in [-0.05, 0) is 37.6 Å². The van der Waals surface area contributed by atoms with E-state index < -0.39 is 0 Å². The monoisotopic (exact) mass is 371 g/mol. The maximum Gasteiger partial charge on any atom is 0.256 e. The molecule has 134 valence electrons. The molecule has 5 nitrogen and oxygen atoms in total. The first-order valence-corrected chi connectivity index (χ1v) is 8.93. The number of nitrogens with zero attached hydrogens (tertiary/aromatic N) is 3. The number of amides is 1. The molecular weight excluding hydrogens is 353 g/mol. The summed E-state index contributed by atoms with van der Waals surface area (Å²) in [6, 6.07) is 8.10. The average Bonchev–Trinajstić information content (AvgIpc) is 3.02. The molecule has 1 amide bonds. The van der Waals surface area contributed by atoms with Crippen LogP contribution in [0.2, 0.25) is 0 Å². The molecule has 0 aliphatic heterocycles. The van der Waals surface area contributed by atoms with Crippen molar-refractivity contribution in [3.05, 3.63) is 66.4 Å². The van der Waals surface area contributed by atoms with E-state index in [1.165, 1.54) is 40.7 Å². The van der Waals surface area contributed by atoms with E-state index in [0.29, 0.717) is 17.2 Å². The number of hydrogen-bond acceptors (Lipinski definition) is 5. The number of aromatic nitrogens is 2. The lowest BCUT2D eigenvalue weighted by Crippen LogP contribution is -2.28. The third-order valence-electron chi connectivity index (χ3n) is 3.46. The molecule has 0 aliphatic carbocycles. The number of halogens is 1. The number of carbonyl (C=O) groups is 1. The van der Waals surface area contributed by atoms with E-state index in [2.05, 4.69) is 9.97 Å². The van der Waals surface area contributed by atoms with Gasteiger partial charge >= 0.3 is 0 Å². The normalized spacial score (nSPS) is 11.4. The van der Waals surface area contributed by atoms with Crippen molar-refractivity contribution in [3.63, 3.8) is 0 Å². The highest BCUT2D eigenvalue weighted by Crippen LogP contribution is 2.30. The maximum atomic E-state index is 13.4. The second kappa shape index (κ2) is 8.05. The molecule has 0 unspecified atom stereocenters. The summed E-state index contributed by atoms with van der Waals surface area (Å²) in [6.07, 6.45) is 6.10. The standard InChI is InChI=1S/C19H18FN3O2S/c1-13(2)25-9-7-18(24)23(12-14-4-3-8-21-11-14)19-22-16-10-15(20)5-6-17(16)26-19/h3-11,13H,12H2,1-2H3. The SMILES string of the molecule is CC(C)OC=CC(=O)N(Cc1cccnc1)c1nc2cc(F)ccc2s1. The molecule has 7 heteroatoms. The Labute approximate surface area is 154 Å². The van der Waals surface area contributed by atoms with Crippen LogP contribution >= 0.6 is 11.3 Å². The molecule has 0 N–H and O–H groups in total. The molecule has 0 radical (unpaired) electrons. The Balaban J connectivity index is 1.92. The highest BCUT2D eigenvalue weighted by atomic mass is 32.1. The fourth-order valence-electron chi connectivity index (χ4n) is 2.26. The number of ether oxygens (including phenoxy) is 1. The number of benzene rings is 1. The van der Waals surface area contributed by atoms with E-state index in [4.69, 9.17) is 4.74 Å². The summed E-state index contributed by atoms with van der Waals surface area (Å²) in [6.45, 7) is 4.07. The van der Waals surface area contributed by atoms with Crippen LogP contribution in [0.5, 0.6) is 0 Å². The molecular formula is C19H18FN3O2S. The molecule has 0 spiro atoms. The lowest BCUT2D eigenvalue weighted by atomic mass is 10.2. The molecule has 0 fully saturated rings. The molecule has 1 aromatic carbocycles. The Kier molecular flexibility index (Phi) is 5.58. The zero-order chi connectivity index (χ0) is 18.5. The van der Waals surface area contributed by atoms with Crippen LogP contribution in [0.3, 0.4) is 0 Å². The number of pyridine rings is 1. The van der Waals surface area contributed by atoms with Crippen LogP contribution in [-0.2, 0) is 16.1 Å². The predicted molar refractivity (Wildman–Crippen MR) is 100 cm³/mol. The van der Waals surface area contributed by atoms with E-state index in [1.807, 2.05) is 26.0 Å². The molecule has 0 saturated heterocycles. The summed E-state index contributed by atoms with van der Waals surface area (Å²) >= 11 is 1.33. The van der Waals surface area contributed by atoms with Gasteiger partial charge in [-0.15, -0.1) is 0 Å². The van der Waals surface area contributed by atoms with Gasteiger partial charge in [0.05, 0.1) is 29.1 Å². The van der Waals surface area contributed by atoms with Gasteiger partial charge in [0.15, 0.2) is 5.13 Å². The Hall–Kier alpha value is -2.80. The Bertz CT molecular complexity index is 925. The van der Waals surface area contributed by atoms with Crippen LogP contribution in [0, 0.1) is 5.82 Å². The quantitative estimate of drug-likeness (QED) is 0.479. The van der Waals surface area contributed by atoms with Gasteiger partial charge in [0.2, 0.25) is 0 Å². The van der Waals surface area contributed by atoms with Gasteiger partial charge in [-0.1, -0.05) is 17.4 Å². The van der Waals surface area contributed by atoms with Gasteiger partial charge in [-0.3, -0.25) is 14.7 Å². The molecule has 2 aromatic heterocycles. The minimum Gasteiger partial charge on any atom is -0.498 e. The van der Waals surface area contributed by atoms with E-state index in [0.717, 1.165) is 10.3 Å². The maximum absolute atomic E-state index is 13.4. The third kappa shape index (κ3) is 4.43. The molecule has 2 heterocycles. The lowest BCUT2D eigenvalue weighted by Gasteiger charge is -2.18. The molecule has 26 heavy (non-hydrogen) atoms. The molecule has 0 aliphatic rings. The van der Waals surface area contributed by atoms with Gasteiger partial charge in [0, 0.05) is 24.5 Å². The van der Waals surface area contributed by atoms with Gasteiger partial charge in [0.25, 0.3) is 5.91 Å². The number of anilines is 1. The van der Waals surface area contributed by atoms with Crippen molar-refractivity contribution in [2.24, 2.45) is 0 Å². The first-order chi connectivity index (χ1) is 12.5. The van der Waals surface area contributed by atoms with Gasteiger partial charge < -0.3 is 4.74 Å². The van der Waals surface area contributed by atoms with Gasteiger partial charge in [-0.2, -0.15) is 0 Å². The molecule has 3 aromatic rings. The van der Waals surface area contributed by atoms with Crippen molar-refractivity contribution in [1.82, 2.24) is 9.97 Å². The van der Waals surface area contributed by atoms with Crippen molar-refractivity contribution in [3.8, 4) is 0 Å². The van der Waals surface area contributed by atoms with Crippen LogP contribution in [0.15, 0.2) is 55.1 Å². The van der Waals surface area contributed by atoms with E-state index >= 15 is 0 Å². The summed E-state index contributed by atoms with van der Waals surface area (Å²) < 4.78 is 19.6. The first kappa shape index (κ1) is 18.0. The minimum atomic E-state index is -0.357. The topological polar surface area (TPSA) is 55.3 Å². The predicted octanol–water partition coefficient (Wildman–Crippen LogP) is 4.30. The summed E-state index contributed by atoms with van der Waals surface area (Å²) in [5.74, 6) is -0.626. The zero-order valence-corrected chi connectivity index (χ0v) is 15.2. The molecule has 0 bridgehead atoms. The highest BCUT2D eigenvalue weighted by Gasteiger charge is 2.19. The fourth-order valence-corrected chi connectivity index (χ4v) is 3.21. The van der Waals surface area contributed by atoms with Crippen LogP contribution in [0.4, 0.5) is 9.52 Å². The second-order valence-corrected chi connectivity index (χ2v) is 6.89. The summed E-state index contributed by atoms with van der Waals surface area (Å²) in [7, 11) is 0. The lowest BCUT2D eigenvalue weighted by molar-refractivity contribution is -0.114. The second-order valence-electron chi connectivity index (χ2n) is 5.88. The van der Waals surface area contributed by atoms with Gasteiger partial charge in [-0.25, -0.2) is 9.37 Å². The number of rotatable bonds is 6.